The molecule has 0 amide bonds. The number of carbonyl (C=O) groups excluding carboxylic acids is 1. The van der Waals surface area contributed by atoms with Crippen LogP contribution >= 0.6 is 11.5 Å². The van der Waals surface area contributed by atoms with Crippen LogP contribution in [0.25, 0.3) is 10.9 Å². The molecule has 0 saturated heterocycles. The van der Waals surface area contributed by atoms with Crippen molar-refractivity contribution in [1.29, 1.82) is 0 Å². The van der Waals surface area contributed by atoms with E-state index >= 15 is 0 Å². The Hall–Kier alpha value is -2.80. The van der Waals surface area contributed by atoms with Crippen LogP contribution in [0.15, 0.2) is 41.2 Å². The van der Waals surface area contributed by atoms with E-state index in [4.69, 9.17) is 14.2 Å². The van der Waals surface area contributed by atoms with Crippen LogP contribution in [0.2, 0.25) is 0 Å². The Morgan fingerprint density at radius 3 is 2.15 bits per heavy atom. The maximum atomic E-state index is 13.1. The third-order valence-corrected chi connectivity index (χ3v) is 4.79. The van der Waals surface area contributed by atoms with Crippen molar-refractivity contribution in [2.24, 2.45) is 0 Å². The number of nitrogens with zero attached hydrogens (tertiary/aromatic N) is 1. The second-order valence-electron chi connectivity index (χ2n) is 5.60. The molecule has 3 aromatic rings. The van der Waals surface area contributed by atoms with Crippen molar-refractivity contribution < 1.29 is 19.0 Å². The maximum Gasteiger partial charge on any atom is 0.272 e. The highest BCUT2D eigenvalue weighted by atomic mass is 32.1. The SMILES string of the molecule is CCOc1cc(C(=O)n2sc(=O)c3ccccc32)cc(OCC)c1OCC. The summed E-state index contributed by atoms with van der Waals surface area (Å²) in [5.74, 6) is 1.04. The highest BCUT2D eigenvalue weighted by Crippen LogP contribution is 2.39. The molecule has 27 heavy (non-hydrogen) atoms. The lowest BCUT2D eigenvalue weighted by Gasteiger charge is -2.17. The molecule has 0 fully saturated rings. The second-order valence-corrected chi connectivity index (χ2v) is 6.51. The number of aromatic nitrogens is 1. The molecule has 6 nitrogen and oxygen atoms in total. The van der Waals surface area contributed by atoms with Crippen molar-refractivity contribution in [2.75, 3.05) is 19.8 Å². The number of fused-ring (bicyclic) bond motifs is 1. The van der Waals surface area contributed by atoms with Gasteiger partial charge in [0.15, 0.2) is 11.5 Å². The van der Waals surface area contributed by atoms with Gasteiger partial charge in [-0.05, 0) is 56.6 Å². The van der Waals surface area contributed by atoms with Crippen LogP contribution in [0.3, 0.4) is 0 Å². The molecule has 0 aliphatic carbocycles. The van der Waals surface area contributed by atoms with Crippen LogP contribution < -0.4 is 19.0 Å². The van der Waals surface area contributed by atoms with Crippen molar-refractivity contribution in [1.82, 2.24) is 3.96 Å². The van der Waals surface area contributed by atoms with Crippen molar-refractivity contribution in [3.63, 3.8) is 0 Å². The van der Waals surface area contributed by atoms with Crippen LogP contribution in [0.5, 0.6) is 17.2 Å². The van der Waals surface area contributed by atoms with Gasteiger partial charge in [0, 0.05) is 5.56 Å². The van der Waals surface area contributed by atoms with Gasteiger partial charge in [-0.3, -0.25) is 9.59 Å². The van der Waals surface area contributed by atoms with Crippen molar-refractivity contribution >= 4 is 28.3 Å². The van der Waals surface area contributed by atoms with E-state index in [9.17, 15) is 9.59 Å². The Bertz CT molecular complexity index is 994. The fraction of sp³-hybridized carbons (Fsp3) is 0.300. The van der Waals surface area contributed by atoms with Crippen LogP contribution in [0.4, 0.5) is 0 Å². The van der Waals surface area contributed by atoms with E-state index in [-0.39, 0.29) is 10.6 Å². The van der Waals surface area contributed by atoms with Gasteiger partial charge in [-0.1, -0.05) is 12.1 Å². The van der Waals surface area contributed by atoms with E-state index in [0.717, 1.165) is 11.5 Å². The van der Waals surface area contributed by atoms with Crippen molar-refractivity contribution in [3.8, 4) is 17.2 Å². The molecular formula is C20H21NO5S. The fourth-order valence-corrected chi connectivity index (χ4v) is 3.67. The van der Waals surface area contributed by atoms with E-state index in [2.05, 4.69) is 0 Å². The highest BCUT2D eigenvalue weighted by molar-refractivity contribution is 7.06. The number of carbonyl (C=O) groups is 1. The monoisotopic (exact) mass is 387 g/mol. The van der Waals surface area contributed by atoms with E-state index in [1.165, 1.54) is 3.96 Å². The summed E-state index contributed by atoms with van der Waals surface area (Å²) in [6, 6.07) is 10.3. The minimum atomic E-state index is -0.316. The Labute approximate surface area is 161 Å². The summed E-state index contributed by atoms with van der Waals surface area (Å²) >= 11 is 0.882. The van der Waals surface area contributed by atoms with E-state index < -0.39 is 0 Å². The Morgan fingerprint density at radius 1 is 0.963 bits per heavy atom. The molecule has 3 rings (SSSR count). The molecule has 7 heteroatoms. The number of rotatable bonds is 7. The lowest BCUT2D eigenvalue weighted by molar-refractivity contribution is 0.0974. The smallest absolute Gasteiger partial charge is 0.272 e. The molecule has 0 unspecified atom stereocenters. The zero-order valence-electron chi connectivity index (χ0n) is 15.5. The predicted octanol–water partition coefficient (Wildman–Crippen LogP) is 3.95. The molecular weight excluding hydrogens is 366 g/mol. The highest BCUT2D eigenvalue weighted by Gasteiger charge is 2.21. The summed E-state index contributed by atoms with van der Waals surface area (Å²) in [7, 11) is 0. The van der Waals surface area contributed by atoms with E-state index in [1.54, 1.807) is 36.4 Å². The summed E-state index contributed by atoms with van der Waals surface area (Å²) in [6.07, 6.45) is 0. The van der Waals surface area contributed by atoms with Gasteiger partial charge in [-0.25, -0.2) is 3.96 Å². The molecule has 0 bridgehead atoms. The van der Waals surface area contributed by atoms with Crippen LogP contribution in [0, 0.1) is 0 Å². The standard InChI is InChI=1S/C20H21NO5S/c1-4-24-16-11-13(12-17(25-5-2)18(16)26-6-3)19(22)21-15-10-8-7-9-14(15)20(23)27-21/h7-12H,4-6H2,1-3H3. The van der Waals surface area contributed by atoms with Gasteiger partial charge >= 0.3 is 0 Å². The van der Waals surface area contributed by atoms with Gasteiger partial charge in [-0.2, -0.15) is 0 Å². The first-order valence-corrected chi connectivity index (χ1v) is 9.60. The maximum absolute atomic E-state index is 13.1. The molecule has 0 spiro atoms. The minimum Gasteiger partial charge on any atom is -0.490 e. The van der Waals surface area contributed by atoms with Gasteiger partial charge in [0.1, 0.15) is 0 Å². The summed E-state index contributed by atoms with van der Waals surface area (Å²) in [5, 5.41) is 0.525. The first-order valence-electron chi connectivity index (χ1n) is 8.82. The Kier molecular flexibility index (Phi) is 5.81. The van der Waals surface area contributed by atoms with Gasteiger partial charge in [-0.15, -0.1) is 0 Å². The van der Waals surface area contributed by atoms with Crippen molar-refractivity contribution in [3.05, 3.63) is 51.5 Å². The molecule has 0 aliphatic heterocycles. The quantitative estimate of drug-likeness (QED) is 0.614. The number of hydrogen-bond donors (Lipinski definition) is 0. The molecule has 0 atom stereocenters. The predicted molar refractivity (Wildman–Crippen MR) is 106 cm³/mol. The van der Waals surface area contributed by atoms with Gasteiger partial charge in [0.2, 0.25) is 5.75 Å². The summed E-state index contributed by atoms with van der Waals surface area (Å²) < 4.78 is 18.3. The number of ether oxygens (including phenoxy) is 3. The first-order chi connectivity index (χ1) is 13.1. The third-order valence-electron chi connectivity index (χ3n) is 3.86. The normalized spacial score (nSPS) is 10.8. The summed E-state index contributed by atoms with van der Waals surface area (Å²) in [4.78, 5) is 25.3. The third kappa shape index (κ3) is 3.68. The van der Waals surface area contributed by atoms with Crippen LogP contribution in [-0.4, -0.2) is 29.7 Å². The lowest BCUT2D eigenvalue weighted by Crippen LogP contribution is -2.11. The van der Waals surface area contributed by atoms with Crippen LogP contribution in [0.1, 0.15) is 31.1 Å². The molecule has 0 aliphatic rings. The first kappa shape index (κ1) is 19.0. The zero-order valence-corrected chi connectivity index (χ0v) is 16.3. The topological polar surface area (TPSA) is 66.8 Å². The van der Waals surface area contributed by atoms with Crippen LogP contribution in [-0.2, 0) is 0 Å². The molecule has 0 radical (unpaired) electrons. The molecule has 0 N–H and O–H groups in total. The summed E-state index contributed by atoms with van der Waals surface area (Å²) in [6.45, 7) is 6.86. The molecule has 1 heterocycles. The minimum absolute atomic E-state index is 0.153. The average molecular weight is 387 g/mol. The van der Waals surface area contributed by atoms with Gasteiger partial charge < -0.3 is 14.2 Å². The van der Waals surface area contributed by atoms with E-state index in [0.29, 0.717) is 53.5 Å². The lowest BCUT2D eigenvalue weighted by atomic mass is 10.1. The molecule has 1 aromatic heterocycles. The zero-order chi connectivity index (χ0) is 19.4. The Balaban J connectivity index is 2.14. The van der Waals surface area contributed by atoms with Gasteiger partial charge in [0.05, 0.1) is 30.7 Å². The second kappa shape index (κ2) is 8.26. The molecule has 142 valence electrons. The number of para-hydroxylation sites is 1. The molecule has 2 aromatic carbocycles. The van der Waals surface area contributed by atoms with Gasteiger partial charge in [0.25, 0.3) is 10.6 Å². The number of hydrogen-bond acceptors (Lipinski definition) is 6. The largest absolute Gasteiger partial charge is 0.490 e. The average Bonchev–Trinajstić information content (AvgIpc) is 3.01. The Morgan fingerprint density at radius 2 is 1.56 bits per heavy atom. The molecule has 0 saturated carbocycles. The number of benzene rings is 2. The fourth-order valence-electron chi connectivity index (χ4n) is 2.78. The van der Waals surface area contributed by atoms with E-state index in [1.807, 2.05) is 20.8 Å². The van der Waals surface area contributed by atoms with Crippen molar-refractivity contribution in [2.45, 2.75) is 20.8 Å². The summed E-state index contributed by atoms with van der Waals surface area (Å²) in [5.41, 5.74) is 0.949.